The molecule has 0 aromatic heterocycles. The second-order valence-corrected chi connectivity index (χ2v) is 6.40. The molecule has 4 aliphatic heterocycles. The smallest absolute Gasteiger partial charge is 0.371 e. The van der Waals surface area contributed by atoms with Crippen molar-refractivity contribution in [3.8, 4) is 0 Å². The molecular weight excluding hydrogens is 306 g/mol. The number of epoxide rings is 3. The highest BCUT2D eigenvalue weighted by molar-refractivity contribution is 6.06. The van der Waals surface area contributed by atoms with Crippen LogP contribution in [0.3, 0.4) is 0 Å². The quantitative estimate of drug-likeness (QED) is 0.483. The molecule has 4 saturated heterocycles. The maximum Gasteiger partial charge on any atom is 0.436 e. The lowest BCUT2D eigenvalue weighted by Crippen LogP contribution is -2.74. The Labute approximate surface area is 133 Å². The number of urea groups is 3. The normalized spacial score (nSPS) is 39.0. The van der Waals surface area contributed by atoms with Gasteiger partial charge in [-0.2, -0.15) is 4.48 Å². The van der Waals surface area contributed by atoms with Gasteiger partial charge in [0.15, 0.2) is 0 Å². The Morgan fingerprint density at radius 1 is 0.913 bits per heavy atom. The number of quaternary nitrogens is 1. The number of ether oxygens (including phenoxy) is 3. The lowest BCUT2D eigenvalue weighted by atomic mass is 10.2. The van der Waals surface area contributed by atoms with E-state index in [0.29, 0.717) is 19.8 Å². The molecule has 3 unspecified atom stereocenters. The predicted octanol–water partition coefficient (Wildman–Crippen LogP) is -0.00290. The van der Waals surface area contributed by atoms with Crippen LogP contribution < -0.4 is 0 Å². The molecule has 23 heavy (non-hydrogen) atoms. The van der Waals surface area contributed by atoms with Crippen molar-refractivity contribution in [1.29, 1.82) is 0 Å². The van der Waals surface area contributed by atoms with Gasteiger partial charge in [0.25, 0.3) is 0 Å². The first-order valence-corrected chi connectivity index (χ1v) is 7.95. The van der Waals surface area contributed by atoms with E-state index in [0.717, 1.165) is 9.80 Å². The van der Waals surface area contributed by atoms with E-state index in [4.69, 9.17) is 14.2 Å². The largest absolute Gasteiger partial charge is 0.436 e. The molecule has 0 aliphatic carbocycles. The zero-order valence-electron chi connectivity index (χ0n) is 13.0. The minimum Gasteiger partial charge on any atom is -0.371 e. The van der Waals surface area contributed by atoms with Gasteiger partial charge < -0.3 is 14.2 Å². The maximum absolute atomic E-state index is 13.0. The first-order valence-electron chi connectivity index (χ1n) is 7.95. The molecule has 3 atom stereocenters. The van der Waals surface area contributed by atoms with E-state index in [1.165, 1.54) is 0 Å². The average Bonchev–Trinajstić information content (AvgIpc) is 3.35. The molecule has 0 bridgehead atoms. The second kappa shape index (κ2) is 5.23. The van der Waals surface area contributed by atoms with Crippen LogP contribution in [0.2, 0.25) is 0 Å². The van der Waals surface area contributed by atoms with Crippen molar-refractivity contribution in [1.82, 2.24) is 9.80 Å². The lowest BCUT2D eigenvalue weighted by Gasteiger charge is -2.42. The molecule has 4 heterocycles. The van der Waals surface area contributed by atoms with Gasteiger partial charge in [0, 0.05) is 0 Å². The molecule has 4 aliphatic rings. The number of nitrogens with zero attached hydrogens (tertiary/aromatic N) is 3. The van der Waals surface area contributed by atoms with Gasteiger partial charge in [-0.15, -0.1) is 0 Å². The van der Waals surface area contributed by atoms with Crippen molar-refractivity contribution in [2.45, 2.75) is 25.2 Å². The minimum absolute atomic E-state index is 0.103. The number of rotatable bonds is 7. The van der Waals surface area contributed by atoms with E-state index in [2.05, 4.69) is 0 Å². The third kappa shape index (κ3) is 2.63. The summed E-state index contributed by atoms with van der Waals surface area (Å²) in [6.45, 7) is 4.35. The summed E-state index contributed by atoms with van der Waals surface area (Å²) in [5, 5.41) is 0. The van der Waals surface area contributed by atoms with Gasteiger partial charge in [-0.3, -0.25) is 0 Å². The molecule has 0 aromatic rings. The number of carbonyl (C=O) groups excluding carboxylic acids is 3. The van der Waals surface area contributed by atoms with Crippen LogP contribution in [-0.2, 0) is 14.2 Å². The van der Waals surface area contributed by atoms with Crippen LogP contribution in [0, 0.1) is 0 Å². The molecular formula is C14H20N3O6+. The van der Waals surface area contributed by atoms with Gasteiger partial charge in [0.05, 0.1) is 51.7 Å². The molecule has 0 spiro atoms. The van der Waals surface area contributed by atoms with Gasteiger partial charge in [0.2, 0.25) is 0 Å². The van der Waals surface area contributed by atoms with E-state index >= 15 is 0 Å². The summed E-state index contributed by atoms with van der Waals surface area (Å²) in [6, 6.07) is -1.51. The van der Waals surface area contributed by atoms with E-state index < -0.39 is 22.6 Å². The summed E-state index contributed by atoms with van der Waals surface area (Å²) in [6.07, 6.45) is -0.341. The molecule has 0 radical (unpaired) electrons. The first kappa shape index (κ1) is 15.0. The van der Waals surface area contributed by atoms with Crippen LogP contribution in [0.1, 0.15) is 6.92 Å². The zero-order chi connectivity index (χ0) is 16.2. The zero-order valence-corrected chi connectivity index (χ0v) is 13.0. The molecule has 4 fully saturated rings. The highest BCUT2D eigenvalue weighted by Crippen LogP contribution is 2.30. The Kier molecular flexibility index (Phi) is 3.41. The van der Waals surface area contributed by atoms with Crippen LogP contribution in [-0.4, -0.2) is 96.7 Å². The van der Waals surface area contributed by atoms with Crippen molar-refractivity contribution in [2.75, 3.05) is 46.0 Å². The molecule has 6 amide bonds. The lowest BCUT2D eigenvalue weighted by molar-refractivity contribution is -0.776. The molecule has 0 saturated carbocycles. The molecule has 9 nitrogen and oxygen atoms in total. The van der Waals surface area contributed by atoms with Crippen LogP contribution in [0.15, 0.2) is 0 Å². The second-order valence-electron chi connectivity index (χ2n) is 6.40. The minimum atomic E-state index is -0.565. The van der Waals surface area contributed by atoms with Crippen molar-refractivity contribution >= 4 is 18.1 Å². The number of amides is 6. The van der Waals surface area contributed by atoms with Crippen molar-refractivity contribution in [3.05, 3.63) is 0 Å². The standard InChI is InChI=1S/C14H20N3O6/c1-2-17(5-11-8-23-11)13(19)15(3-9-6-21-9)12(18)16(14(17)20)4-10-7-22-10/h9-11H,2-8H2,1H3/q+1. The van der Waals surface area contributed by atoms with Gasteiger partial charge in [-0.1, -0.05) is 0 Å². The summed E-state index contributed by atoms with van der Waals surface area (Å²) in [4.78, 5) is 40.9. The molecule has 0 aromatic carbocycles. The Balaban J connectivity index is 1.65. The first-order chi connectivity index (χ1) is 11.0. The summed E-state index contributed by atoms with van der Waals surface area (Å²) in [5.74, 6) is 0. The number of hydrogen-bond acceptors (Lipinski definition) is 6. The highest BCUT2D eigenvalue weighted by atomic mass is 16.6. The Hall–Kier alpha value is -1.55. The third-order valence-electron chi connectivity index (χ3n) is 4.69. The molecule has 126 valence electrons. The third-order valence-corrected chi connectivity index (χ3v) is 4.69. The number of hydrogen-bond donors (Lipinski definition) is 0. The summed E-state index contributed by atoms with van der Waals surface area (Å²) in [7, 11) is 0. The van der Waals surface area contributed by atoms with Gasteiger partial charge in [-0.05, 0) is 6.92 Å². The SMILES string of the molecule is CC[N+]1(CC2CO2)C(=O)N(CC2CO2)C(=O)N(CC2CO2)C1=O. The maximum atomic E-state index is 13.0. The van der Waals surface area contributed by atoms with Crippen molar-refractivity contribution < 1.29 is 33.1 Å². The fourth-order valence-corrected chi connectivity index (χ4v) is 3.00. The fourth-order valence-electron chi connectivity index (χ4n) is 3.00. The number of imide groups is 3. The van der Waals surface area contributed by atoms with E-state index in [9.17, 15) is 14.4 Å². The van der Waals surface area contributed by atoms with E-state index in [1.54, 1.807) is 6.92 Å². The molecule has 0 N–H and O–H groups in total. The summed E-state index contributed by atoms with van der Waals surface area (Å²) >= 11 is 0. The van der Waals surface area contributed by atoms with E-state index in [1.807, 2.05) is 0 Å². The topological polar surface area (TPSA) is 95.3 Å². The van der Waals surface area contributed by atoms with E-state index in [-0.39, 0.29) is 44.5 Å². The van der Waals surface area contributed by atoms with Crippen LogP contribution in [0.25, 0.3) is 0 Å². The summed E-state index contributed by atoms with van der Waals surface area (Å²) in [5.41, 5.74) is 0. The number of carbonyl (C=O) groups is 3. The highest BCUT2D eigenvalue weighted by Gasteiger charge is 2.60. The van der Waals surface area contributed by atoms with Gasteiger partial charge in [0.1, 0.15) is 12.6 Å². The van der Waals surface area contributed by atoms with Crippen molar-refractivity contribution in [3.63, 3.8) is 0 Å². The number of likely N-dealkylation sites (N-methyl/N-ethyl adjacent to an activating group) is 1. The van der Waals surface area contributed by atoms with Crippen LogP contribution in [0.5, 0.6) is 0 Å². The Bertz CT molecular complexity index is 519. The average molecular weight is 326 g/mol. The Morgan fingerprint density at radius 3 is 1.70 bits per heavy atom. The van der Waals surface area contributed by atoms with Crippen molar-refractivity contribution in [2.24, 2.45) is 0 Å². The van der Waals surface area contributed by atoms with Gasteiger partial charge in [-0.25, -0.2) is 24.2 Å². The molecule has 9 heteroatoms. The van der Waals surface area contributed by atoms with Crippen LogP contribution >= 0.6 is 0 Å². The monoisotopic (exact) mass is 326 g/mol. The van der Waals surface area contributed by atoms with Gasteiger partial charge >= 0.3 is 18.1 Å². The Morgan fingerprint density at radius 2 is 1.35 bits per heavy atom. The predicted molar refractivity (Wildman–Crippen MR) is 74.5 cm³/mol. The molecule has 4 rings (SSSR count). The fraction of sp³-hybridized carbons (Fsp3) is 0.786. The summed E-state index contributed by atoms with van der Waals surface area (Å²) < 4.78 is 15.1. The van der Waals surface area contributed by atoms with Crippen LogP contribution in [0.4, 0.5) is 14.4 Å².